The molecule has 0 amide bonds. The lowest BCUT2D eigenvalue weighted by Gasteiger charge is -2.24. The topological polar surface area (TPSA) is 224 Å². The first-order valence-electron chi connectivity index (χ1n) is 7.15. The number of aliphatic hydroxyl groups excluding tert-OH is 1. The van der Waals surface area contributed by atoms with Gasteiger partial charge in [-0.3, -0.25) is 16.0 Å². The minimum absolute atomic E-state index is 0.0115. The monoisotopic (exact) mass is 396 g/mol. The van der Waals surface area contributed by atoms with Crippen LogP contribution in [0.25, 0.3) is 0 Å². The van der Waals surface area contributed by atoms with E-state index in [0.717, 1.165) is 0 Å². The molecule has 0 aromatic carbocycles. The van der Waals surface area contributed by atoms with Crippen molar-refractivity contribution in [1.29, 1.82) is 0 Å². The maximum atomic E-state index is 10.1. The molecule has 0 radical (unpaired) electrons. The normalized spacial score (nSPS) is 11.1. The predicted octanol–water partition coefficient (Wildman–Crippen LogP) is -3.16. The molecule has 13 nitrogen and oxygen atoms in total. The number of carbonyl (C=O) groups is 4. The van der Waals surface area contributed by atoms with Gasteiger partial charge in [0.1, 0.15) is 6.54 Å². The van der Waals surface area contributed by atoms with Gasteiger partial charge in [0.05, 0.1) is 28.2 Å². The van der Waals surface area contributed by atoms with E-state index < -0.39 is 30.0 Å². The molecule has 0 saturated heterocycles. The summed E-state index contributed by atoms with van der Waals surface area (Å²) in [5.74, 6) is -4.61. The Morgan fingerprint density at radius 1 is 0.963 bits per heavy atom. The number of nitrogens with two attached hydrogens (primary N) is 2. The molecule has 0 unspecified atom stereocenters. The molecule has 0 aromatic rings. The van der Waals surface area contributed by atoms with Crippen LogP contribution in [0.5, 0.6) is 0 Å². The van der Waals surface area contributed by atoms with Gasteiger partial charge in [-0.15, -0.1) is 0 Å². The van der Waals surface area contributed by atoms with Crippen LogP contribution in [0.3, 0.4) is 0 Å². The summed E-state index contributed by atoms with van der Waals surface area (Å²) < 4.78 is 1.69. The molecule has 0 aliphatic heterocycles. The number of aliphatic hydroxyl groups is 1. The van der Waals surface area contributed by atoms with Crippen LogP contribution >= 0.6 is 0 Å². The van der Waals surface area contributed by atoms with Crippen LogP contribution in [0, 0.1) is 0 Å². The zero-order valence-corrected chi connectivity index (χ0v) is 15.6. The molecule has 1 atom stereocenters. The van der Waals surface area contributed by atoms with Gasteiger partial charge in [-0.1, -0.05) is 0 Å². The molecule has 13 heteroatoms. The first-order valence-corrected chi connectivity index (χ1v) is 7.15. The fraction of sp³-hybridized carbons (Fsp3) is 0.500. The number of guanidine groups is 1. The molecular weight excluding hydrogens is 368 g/mol. The third kappa shape index (κ3) is 27.9. The highest BCUT2D eigenvalue weighted by Gasteiger charge is 2.21. The lowest BCUT2D eigenvalue weighted by molar-refractivity contribution is -0.872. The molecule has 9 N–H and O–H groups in total. The zero-order valence-electron chi connectivity index (χ0n) is 15.6. The number of nitrogens with zero attached hydrogens (tertiary/aromatic N) is 2. The fourth-order valence-electron chi connectivity index (χ4n) is 1.03. The Hall–Kier alpha value is -3.19. The number of carboxylic acid groups (broad SMARTS) is 4. The number of likely N-dealkylation sites (N-methyl/N-ethyl adjacent to an activating group) is 2. The molecule has 0 fully saturated rings. The molecule has 0 aliphatic carbocycles. The summed E-state index contributed by atoms with van der Waals surface area (Å²) >= 11 is 0. The number of hydrogen-bond acceptors (Lipinski definition) is 5. The molecule has 27 heavy (non-hydrogen) atoms. The summed E-state index contributed by atoms with van der Waals surface area (Å²) in [6.07, 6.45) is -0.134. The van der Waals surface area contributed by atoms with Crippen molar-refractivity contribution in [1.82, 2.24) is 0 Å². The predicted molar refractivity (Wildman–Crippen MR) is 93.0 cm³/mol. The lowest BCUT2D eigenvalue weighted by Crippen LogP contribution is -2.44. The Kier molecular flexibility index (Phi) is 14.9. The average molecular weight is 396 g/mol. The minimum Gasteiger partial charge on any atom is -0.479 e. The molecule has 0 spiro atoms. The fourth-order valence-corrected chi connectivity index (χ4v) is 1.03. The molecule has 156 valence electrons. The van der Waals surface area contributed by atoms with Gasteiger partial charge in [0, 0.05) is 12.2 Å². The van der Waals surface area contributed by atoms with Crippen molar-refractivity contribution in [2.45, 2.75) is 6.10 Å². The van der Waals surface area contributed by atoms with Crippen molar-refractivity contribution in [2.24, 2.45) is 11.5 Å². The number of rotatable bonds is 7. The van der Waals surface area contributed by atoms with Crippen molar-refractivity contribution >= 4 is 29.8 Å². The van der Waals surface area contributed by atoms with Crippen LogP contribution < -0.4 is 11.5 Å². The number of carboxylic acids is 4. The Bertz CT molecular complexity index is 560. The van der Waals surface area contributed by atoms with Crippen molar-refractivity contribution in [3.05, 3.63) is 12.2 Å². The van der Waals surface area contributed by atoms with Crippen LogP contribution in [0.15, 0.2) is 12.2 Å². The van der Waals surface area contributed by atoms with Gasteiger partial charge in [0.15, 0.2) is 6.54 Å². The van der Waals surface area contributed by atoms with Gasteiger partial charge < -0.3 is 30.0 Å². The first kappa shape index (κ1) is 28.6. The van der Waals surface area contributed by atoms with Gasteiger partial charge in [-0.05, 0) is 0 Å². The van der Waals surface area contributed by atoms with Crippen LogP contribution in [-0.4, -0.2) is 112 Å². The van der Waals surface area contributed by atoms with E-state index in [-0.39, 0.29) is 19.0 Å². The third-order valence-electron chi connectivity index (χ3n) is 2.19. The third-order valence-corrected chi connectivity index (χ3v) is 2.19. The van der Waals surface area contributed by atoms with Crippen LogP contribution in [0.4, 0.5) is 0 Å². The smallest absolute Gasteiger partial charge is 0.341 e. The second-order valence-electron chi connectivity index (χ2n) is 6.01. The summed E-state index contributed by atoms with van der Waals surface area (Å²) in [4.78, 5) is 39.2. The zero-order chi connectivity index (χ0) is 22.4. The highest BCUT2D eigenvalue weighted by Crippen LogP contribution is 1.94. The Balaban J connectivity index is -0.000000322. The van der Waals surface area contributed by atoms with E-state index >= 15 is 0 Å². The van der Waals surface area contributed by atoms with Crippen molar-refractivity contribution in [2.75, 3.05) is 41.3 Å². The summed E-state index contributed by atoms with van der Waals surface area (Å²) in [6, 6.07) is 0. The van der Waals surface area contributed by atoms with Crippen molar-refractivity contribution < 1.29 is 53.8 Å². The highest BCUT2D eigenvalue weighted by atomic mass is 16.4. The van der Waals surface area contributed by atoms with E-state index in [9.17, 15) is 19.2 Å². The summed E-state index contributed by atoms with van der Waals surface area (Å²) in [6.45, 7) is 0.0671. The Morgan fingerprint density at radius 3 is 1.44 bits per heavy atom. The van der Waals surface area contributed by atoms with E-state index in [0.29, 0.717) is 16.6 Å². The average Bonchev–Trinajstić information content (AvgIpc) is 2.43. The van der Waals surface area contributed by atoms with Gasteiger partial charge in [-0.25, -0.2) is 19.2 Å². The van der Waals surface area contributed by atoms with E-state index in [2.05, 4.69) is 0 Å². The molecule has 0 aromatic heterocycles. The van der Waals surface area contributed by atoms with Crippen molar-refractivity contribution in [3.63, 3.8) is 0 Å². The maximum Gasteiger partial charge on any atom is 0.341 e. The van der Waals surface area contributed by atoms with E-state index in [1.807, 2.05) is 21.1 Å². The quantitative estimate of drug-likeness (QED) is 0.0747. The van der Waals surface area contributed by atoms with E-state index in [4.69, 9.17) is 37.0 Å². The summed E-state index contributed by atoms with van der Waals surface area (Å²) in [5, 5.41) is 40.9. The van der Waals surface area contributed by atoms with E-state index in [1.165, 1.54) is 11.6 Å². The first-order chi connectivity index (χ1) is 12.0. The second kappa shape index (κ2) is 14.0. The number of quaternary nitrogens is 1. The number of hydrogen-bond donors (Lipinski definition) is 7. The molecule has 0 heterocycles. The summed E-state index contributed by atoms with van der Waals surface area (Å²) in [7, 11) is 6.98. The number of aliphatic carboxylic acids is 4. The molecule has 0 saturated carbocycles. The van der Waals surface area contributed by atoms with E-state index in [1.54, 1.807) is 0 Å². The second-order valence-corrected chi connectivity index (χ2v) is 6.01. The SMILES string of the molecule is C[N+](C)(C)C[C@@H](O)C(=O)O.C[N+](CC(=O)O)=C(N)N.O=C(O)/C=C/C(=O)O. The maximum absolute atomic E-state index is 10.1. The van der Waals surface area contributed by atoms with Gasteiger partial charge in [0.2, 0.25) is 6.10 Å². The van der Waals surface area contributed by atoms with Gasteiger partial charge in [0.25, 0.3) is 0 Å². The Morgan fingerprint density at radius 2 is 1.33 bits per heavy atom. The lowest BCUT2D eigenvalue weighted by atomic mass is 10.3. The molecule has 0 rings (SSSR count). The standard InChI is InChI=1S/C6H13NO3.C4H9N3O2.C4H4O4/c1-7(2,3)4-5(8)6(9)10;1-7(4(5)6)2-3(8)9;5-3(6)1-2-4(7)8/h5,8H,4H2,1-3H3;2H2,1H3,(H4,5,6,8,9);1-2H,(H,5,6)(H,7,8)/p+2/b;;2-1+/t5-;;/m1../s1. The van der Waals surface area contributed by atoms with Gasteiger partial charge in [-0.2, -0.15) is 0 Å². The summed E-state index contributed by atoms with van der Waals surface area (Å²) in [5.41, 5.74) is 10.1. The van der Waals surface area contributed by atoms with Crippen LogP contribution in [0.2, 0.25) is 0 Å². The minimum atomic E-state index is -1.26. The highest BCUT2D eigenvalue weighted by molar-refractivity contribution is 5.89. The van der Waals surface area contributed by atoms with Crippen molar-refractivity contribution in [3.8, 4) is 0 Å². The molecular formula is C14H28N4O9+2. The largest absolute Gasteiger partial charge is 0.479 e. The Labute approximate surface area is 155 Å². The van der Waals surface area contributed by atoms with Crippen LogP contribution in [-0.2, 0) is 19.2 Å². The molecule has 0 aliphatic rings. The van der Waals surface area contributed by atoms with Gasteiger partial charge >= 0.3 is 29.8 Å². The van der Waals surface area contributed by atoms with Crippen LogP contribution in [0.1, 0.15) is 0 Å². The molecule has 0 bridgehead atoms.